The maximum atomic E-state index is 12.9. The van der Waals surface area contributed by atoms with Crippen LogP contribution in [0.15, 0.2) is 28.4 Å². The third kappa shape index (κ3) is 3.24. The van der Waals surface area contributed by atoms with Gasteiger partial charge < -0.3 is 4.90 Å². The second-order valence-electron chi connectivity index (χ2n) is 5.51. The Bertz CT molecular complexity index is 672. The predicted octanol–water partition coefficient (Wildman–Crippen LogP) is 5.32. The number of nitrogens with zero attached hydrogens (tertiary/aromatic N) is 1. The quantitative estimate of drug-likeness (QED) is 0.742. The van der Waals surface area contributed by atoms with Gasteiger partial charge in [-0.3, -0.25) is 4.79 Å². The molecule has 0 spiro atoms. The number of anilines is 1. The topological polar surface area (TPSA) is 20.3 Å². The van der Waals surface area contributed by atoms with Crippen molar-refractivity contribution >= 4 is 38.7 Å². The SMILES string of the molecule is CC[C@H](C)N(c1csc2ccc(Cl)cc2c1=O)[C@@H](C)CC. The number of rotatable bonds is 5. The van der Waals surface area contributed by atoms with Crippen LogP contribution in [0.5, 0.6) is 0 Å². The summed E-state index contributed by atoms with van der Waals surface area (Å²) in [5.41, 5.74) is 0.894. The molecule has 2 nitrogen and oxygen atoms in total. The zero-order valence-electron chi connectivity index (χ0n) is 13.0. The summed E-state index contributed by atoms with van der Waals surface area (Å²) in [5.74, 6) is 0. The first-order valence-electron chi connectivity index (χ1n) is 7.49. The highest BCUT2D eigenvalue weighted by molar-refractivity contribution is 7.16. The van der Waals surface area contributed by atoms with Crippen LogP contribution in [0.25, 0.3) is 10.1 Å². The molecule has 0 aliphatic carbocycles. The second-order valence-corrected chi connectivity index (χ2v) is 6.86. The molecule has 0 aliphatic rings. The molecule has 0 radical (unpaired) electrons. The smallest absolute Gasteiger partial charge is 0.211 e. The van der Waals surface area contributed by atoms with E-state index in [2.05, 4.69) is 32.6 Å². The lowest BCUT2D eigenvalue weighted by atomic mass is 10.1. The van der Waals surface area contributed by atoms with Crippen molar-refractivity contribution in [1.82, 2.24) is 0 Å². The molecule has 2 aromatic rings. The van der Waals surface area contributed by atoms with Crippen LogP contribution >= 0.6 is 22.9 Å². The molecule has 0 saturated carbocycles. The first kappa shape index (κ1) is 16.3. The molecule has 0 unspecified atom stereocenters. The number of benzene rings is 1. The molecule has 0 amide bonds. The molecule has 4 heteroatoms. The van der Waals surface area contributed by atoms with E-state index in [0.717, 1.165) is 28.6 Å². The van der Waals surface area contributed by atoms with E-state index < -0.39 is 0 Å². The van der Waals surface area contributed by atoms with Crippen LogP contribution in [-0.2, 0) is 0 Å². The summed E-state index contributed by atoms with van der Waals surface area (Å²) in [7, 11) is 0. The second kappa shape index (κ2) is 6.80. The summed E-state index contributed by atoms with van der Waals surface area (Å²) in [5, 5.41) is 3.33. The molecular formula is C17H22ClNOS. The van der Waals surface area contributed by atoms with Gasteiger partial charge in [0.25, 0.3) is 0 Å². The first-order valence-corrected chi connectivity index (χ1v) is 8.74. The van der Waals surface area contributed by atoms with Crippen molar-refractivity contribution in [3.8, 4) is 0 Å². The fourth-order valence-corrected chi connectivity index (χ4v) is 3.64. The van der Waals surface area contributed by atoms with Crippen molar-refractivity contribution in [2.75, 3.05) is 4.90 Å². The Morgan fingerprint density at radius 3 is 2.38 bits per heavy atom. The third-order valence-electron chi connectivity index (χ3n) is 4.13. The molecule has 1 aromatic heterocycles. The Labute approximate surface area is 135 Å². The van der Waals surface area contributed by atoms with E-state index in [9.17, 15) is 4.79 Å². The van der Waals surface area contributed by atoms with Gasteiger partial charge in [0.1, 0.15) is 0 Å². The van der Waals surface area contributed by atoms with Crippen LogP contribution in [0.2, 0.25) is 5.02 Å². The van der Waals surface area contributed by atoms with Crippen LogP contribution in [0, 0.1) is 0 Å². The molecule has 1 heterocycles. The molecule has 0 aliphatic heterocycles. The van der Waals surface area contributed by atoms with Gasteiger partial charge in [0.2, 0.25) is 5.43 Å². The summed E-state index contributed by atoms with van der Waals surface area (Å²) < 4.78 is 0.987. The molecule has 0 N–H and O–H groups in total. The molecule has 21 heavy (non-hydrogen) atoms. The van der Waals surface area contributed by atoms with Crippen molar-refractivity contribution in [1.29, 1.82) is 0 Å². The lowest BCUT2D eigenvalue weighted by Gasteiger charge is -2.35. The summed E-state index contributed by atoms with van der Waals surface area (Å²) in [6, 6.07) is 6.23. The number of halogens is 1. The van der Waals surface area contributed by atoms with E-state index in [1.807, 2.05) is 17.5 Å². The summed E-state index contributed by atoms with van der Waals surface area (Å²) >= 11 is 7.66. The summed E-state index contributed by atoms with van der Waals surface area (Å²) in [6.45, 7) is 8.68. The lowest BCUT2D eigenvalue weighted by Crippen LogP contribution is -2.42. The largest absolute Gasteiger partial charge is 0.362 e. The van der Waals surface area contributed by atoms with Gasteiger partial charge in [0.15, 0.2) is 0 Å². The van der Waals surface area contributed by atoms with Crippen molar-refractivity contribution in [2.45, 2.75) is 52.6 Å². The van der Waals surface area contributed by atoms with Gasteiger partial charge >= 0.3 is 0 Å². The monoisotopic (exact) mass is 323 g/mol. The highest BCUT2D eigenvalue weighted by Gasteiger charge is 2.21. The standard InChI is InChI=1S/C17H22ClNOS/c1-5-11(3)19(12(4)6-2)15-10-21-16-8-7-13(18)9-14(16)17(15)20/h7-12H,5-6H2,1-4H3/t11-,12-/m0/s1. The Morgan fingerprint density at radius 2 is 1.81 bits per heavy atom. The molecule has 114 valence electrons. The minimum atomic E-state index is 0.0897. The zero-order valence-corrected chi connectivity index (χ0v) is 14.6. The van der Waals surface area contributed by atoms with E-state index in [4.69, 9.17) is 11.6 Å². The van der Waals surface area contributed by atoms with Gasteiger partial charge in [0, 0.05) is 32.6 Å². The van der Waals surface area contributed by atoms with E-state index in [0.29, 0.717) is 17.1 Å². The van der Waals surface area contributed by atoms with E-state index in [1.165, 1.54) is 0 Å². The maximum Gasteiger partial charge on any atom is 0.211 e. The van der Waals surface area contributed by atoms with E-state index >= 15 is 0 Å². The average molecular weight is 324 g/mol. The van der Waals surface area contributed by atoms with Crippen molar-refractivity contribution in [3.63, 3.8) is 0 Å². The maximum absolute atomic E-state index is 12.9. The first-order chi connectivity index (χ1) is 9.99. The van der Waals surface area contributed by atoms with Gasteiger partial charge in [-0.2, -0.15) is 0 Å². The molecule has 0 bridgehead atoms. The van der Waals surface area contributed by atoms with Crippen LogP contribution in [-0.4, -0.2) is 12.1 Å². The predicted molar refractivity (Wildman–Crippen MR) is 95.1 cm³/mol. The Kier molecular flexibility index (Phi) is 5.28. The minimum absolute atomic E-state index is 0.0897. The molecule has 2 rings (SSSR count). The minimum Gasteiger partial charge on any atom is -0.362 e. The normalized spacial score (nSPS) is 14.1. The molecule has 0 saturated heterocycles. The molecule has 0 fully saturated rings. The fraction of sp³-hybridized carbons (Fsp3) is 0.471. The van der Waals surface area contributed by atoms with Crippen molar-refractivity contribution < 1.29 is 0 Å². The van der Waals surface area contributed by atoms with Gasteiger partial charge in [-0.05, 0) is 44.9 Å². The average Bonchev–Trinajstić information content (AvgIpc) is 2.49. The highest BCUT2D eigenvalue weighted by Crippen LogP contribution is 2.27. The van der Waals surface area contributed by atoms with Gasteiger partial charge in [-0.1, -0.05) is 25.4 Å². The molecule has 2 atom stereocenters. The summed E-state index contributed by atoms with van der Waals surface area (Å²) in [4.78, 5) is 15.1. The van der Waals surface area contributed by atoms with Gasteiger partial charge in [0.05, 0.1) is 5.69 Å². The van der Waals surface area contributed by atoms with Gasteiger partial charge in [-0.15, -0.1) is 11.3 Å². The van der Waals surface area contributed by atoms with E-state index in [1.54, 1.807) is 17.4 Å². The van der Waals surface area contributed by atoms with Crippen molar-refractivity contribution in [3.05, 3.63) is 38.8 Å². The number of hydrogen-bond acceptors (Lipinski definition) is 3. The molecular weight excluding hydrogens is 302 g/mol. The van der Waals surface area contributed by atoms with E-state index in [-0.39, 0.29) is 5.43 Å². The third-order valence-corrected chi connectivity index (χ3v) is 5.31. The fourth-order valence-electron chi connectivity index (χ4n) is 2.57. The zero-order chi connectivity index (χ0) is 15.6. The summed E-state index contributed by atoms with van der Waals surface area (Å²) in [6.07, 6.45) is 2.03. The van der Waals surface area contributed by atoms with Crippen molar-refractivity contribution in [2.24, 2.45) is 0 Å². The Balaban J connectivity index is 2.63. The number of fused-ring (bicyclic) bond motifs is 1. The highest BCUT2D eigenvalue weighted by atomic mass is 35.5. The number of hydrogen-bond donors (Lipinski definition) is 0. The van der Waals surface area contributed by atoms with Crippen LogP contribution in [0.3, 0.4) is 0 Å². The Hall–Kier alpha value is -1.06. The van der Waals surface area contributed by atoms with Crippen LogP contribution in [0.1, 0.15) is 40.5 Å². The van der Waals surface area contributed by atoms with Crippen LogP contribution in [0.4, 0.5) is 5.69 Å². The van der Waals surface area contributed by atoms with Crippen LogP contribution < -0.4 is 10.3 Å². The lowest BCUT2D eigenvalue weighted by molar-refractivity contribution is 0.527. The Morgan fingerprint density at radius 1 is 1.19 bits per heavy atom. The van der Waals surface area contributed by atoms with Gasteiger partial charge in [-0.25, -0.2) is 0 Å². The molecule has 1 aromatic carbocycles.